The van der Waals surface area contributed by atoms with Crippen molar-refractivity contribution < 1.29 is 13.9 Å². The van der Waals surface area contributed by atoms with Gasteiger partial charge in [-0.1, -0.05) is 29.4 Å². The van der Waals surface area contributed by atoms with E-state index in [0.717, 1.165) is 5.56 Å². The van der Waals surface area contributed by atoms with Gasteiger partial charge in [0, 0.05) is 23.7 Å². The van der Waals surface area contributed by atoms with Crippen LogP contribution in [0, 0.1) is 0 Å². The van der Waals surface area contributed by atoms with E-state index in [1.165, 1.54) is 11.8 Å². The van der Waals surface area contributed by atoms with E-state index in [1.54, 1.807) is 25.3 Å². The molecule has 0 unspecified atom stereocenters. The topological polar surface area (TPSA) is 77.2 Å². The third-order valence-corrected chi connectivity index (χ3v) is 3.68. The fourth-order valence-corrected chi connectivity index (χ4v) is 2.51. The Labute approximate surface area is 137 Å². The van der Waals surface area contributed by atoms with Crippen molar-refractivity contribution in [1.29, 1.82) is 0 Å². The minimum absolute atomic E-state index is 0.0391. The molecule has 1 heterocycles. The molecule has 8 heteroatoms. The molecule has 0 saturated carbocycles. The lowest BCUT2D eigenvalue weighted by Gasteiger charge is -2.11. The molecule has 1 aromatic heterocycles. The molecule has 1 aromatic carbocycles. The molecule has 0 aliphatic rings. The smallest absolute Gasteiger partial charge is 0.277 e. The highest BCUT2D eigenvalue weighted by atomic mass is 35.5. The second-order valence-corrected chi connectivity index (χ2v) is 5.96. The summed E-state index contributed by atoms with van der Waals surface area (Å²) in [5.41, 5.74) is 0.741. The van der Waals surface area contributed by atoms with Gasteiger partial charge in [-0.25, -0.2) is 0 Å². The van der Waals surface area contributed by atoms with Crippen molar-refractivity contribution in [1.82, 2.24) is 15.5 Å². The van der Waals surface area contributed by atoms with E-state index in [2.05, 4.69) is 15.5 Å². The van der Waals surface area contributed by atoms with E-state index in [9.17, 15) is 4.79 Å². The molecular weight excluding hydrogens is 326 g/mol. The number of rotatable bonds is 7. The summed E-state index contributed by atoms with van der Waals surface area (Å²) >= 11 is 7.10. The van der Waals surface area contributed by atoms with Crippen LogP contribution >= 0.6 is 23.4 Å². The normalized spacial score (nSPS) is 12.1. The van der Waals surface area contributed by atoms with Crippen molar-refractivity contribution in [2.24, 2.45) is 0 Å². The van der Waals surface area contributed by atoms with Crippen LogP contribution in [0.3, 0.4) is 0 Å². The van der Waals surface area contributed by atoms with Gasteiger partial charge in [-0.2, -0.15) is 0 Å². The Morgan fingerprint density at radius 3 is 3.05 bits per heavy atom. The summed E-state index contributed by atoms with van der Waals surface area (Å²) in [7, 11) is 1.59. The molecule has 0 radical (unpaired) electrons. The van der Waals surface area contributed by atoms with Crippen LogP contribution in [0.1, 0.15) is 6.92 Å². The maximum absolute atomic E-state index is 11.7. The molecule has 0 aliphatic carbocycles. The van der Waals surface area contributed by atoms with Crippen molar-refractivity contribution >= 4 is 29.3 Å². The molecule has 2 rings (SSSR count). The number of carbonyl (C=O) groups is 1. The van der Waals surface area contributed by atoms with Gasteiger partial charge in [0.1, 0.15) is 0 Å². The van der Waals surface area contributed by atoms with Crippen LogP contribution in [0.5, 0.6) is 0 Å². The summed E-state index contributed by atoms with van der Waals surface area (Å²) in [4.78, 5) is 11.7. The first kappa shape index (κ1) is 16.8. The lowest BCUT2D eigenvalue weighted by atomic mass is 10.2. The average molecular weight is 342 g/mol. The van der Waals surface area contributed by atoms with Crippen molar-refractivity contribution in [3.8, 4) is 11.5 Å². The van der Waals surface area contributed by atoms with Gasteiger partial charge in [0.15, 0.2) is 0 Å². The van der Waals surface area contributed by atoms with Gasteiger partial charge in [0.25, 0.3) is 5.22 Å². The first-order valence-electron chi connectivity index (χ1n) is 6.59. The van der Waals surface area contributed by atoms with Crippen molar-refractivity contribution in [2.75, 3.05) is 19.5 Å². The zero-order valence-corrected chi connectivity index (χ0v) is 13.8. The Morgan fingerprint density at radius 1 is 1.50 bits per heavy atom. The fraction of sp³-hybridized carbons (Fsp3) is 0.357. The highest BCUT2D eigenvalue weighted by molar-refractivity contribution is 7.99. The van der Waals surface area contributed by atoms with Crippen LogP contribution in [0.4, 0.5) is 0 Å². The molecule has 1 atom stereocenters. The first-order chi connectivity index (χ1) is 10.6. The zero-order chi connectivity index (χ0) is 15.9. The minimum Gasteiger partial charge on any atom is -0.411 e. The maximum atomic E-state index is 11.7. The van der Waals surface area contributed by atoms with Crippen LogP contribution in [0.25, 0.3) is 11.5 Å². The number of carbonyl (C=O) groups excluding carboxylic acids is 1. The monoisotopic (exact) mass is 341 g/mol. The number of nitrogens with zero attached hydrogens (tertiary/aromatic N) is 2. The minimum atomic E-state index is -0.114. The van der Waals surface area contributed by atoms with Gasteiger partial charge in [-0.15, -0.1) is 10.2 Å². The number of methoxy groups -OCH3 is 1. The van der Waals surface area contributed by atoms with Crippen LogP contribution in [-0.2, 0) is 9.53 Å². The highest BCUT2D eigenvalue weighted by Gasteiger charge is 2.12. The number of thioether (sulfide) groups is 1. The van der Waals surface area contributed by atoms with Gasteiger partial charge >= 0.3 is 0 Å². The van der Waals surface area contributed by atoms with Crippen molar-refractivity contribution in [2.45, 2.75) is 18.2 Å². The number of ether oxygens (including phenoxy) is 1. The molecule has 0 aliphatic heterocycles. The Balaban J connectivity index is 1.88. The highest BCUT2D eigenvalue weighted by Crippen LogP contribution is 2.24. The van der Waals surface area contributed by atoms with E-state index in [-0.39, 0.29) is 17.7 Å². The van der Waals surface area contributed by atoms with Gasteiger partial charge in [-0.05, 0) is 25.1 Å². The second kappa shape index (κ2) is 8.17. The van der Waals surface area contributed by atoms with Crippen LogP contribution in [0.2, 0.25) is 5.02 Å². The molecule has 1 amide bonds. The number of hydrogen-bond donors (Lipinski definition) is 1. The molecule has 0 fully saturated rings. The Hall–Kier alpha value is -1.57. The zero-order valence-electron chi connectivity index (χ0n) is 12.2. The quantitative estimate of drug-likeness (QED) is 0.780. The van der Waals surface area contributed by atoms with Crippen molar-refractivity contribution in [3.05, 3.63) is 29.3 Å². The SMILES string of the molecule is COC[C@H](C)NC(=O)CSc1nnc(-c2cccc(Cl)c2)o1. The summed E-state index contributed by atoms with van der Waals surface area (Å²) in [5, 5.41) is 11.6. The van der Waals surface area contributed by atoms with Crippen molar-refractivity contribution in [3.63, 3.8) is 0 Å². The third kappa shape index (κ3) is 5.01. The number of hydrogen-bond acceptors (Lipinski definition) is 6. The Kier molecular flexibility index (Phi) is 6.23. The predicted molar refractivity (Wildman–Crippen MR) is 84.9 cm³/mol. The maximum Gasteiger partial charge on any atom is 0.277 e. The average Bonchev–Trinajstić information content (AvgIpc) is 2.94. The predicted octanol–water partition coefficient (Wildman–Crippen LogP) is 2.63. The summed E-state index contributed by atoms with van der Waals surface area (Å²) in [6, 6.07) is 7.10. The van der Waals surface area contributed by atoms with Crippen LogP contribution in [-0.4, -0.2) is 41.6 Å². The summed E-state index contributed by atoms with van der Waals surface area (Å²) in [5.74, 6) is 0.459. The standard InChI is InChI=1S/C14H16ClN3O3S/c1-9(7-20-2)16-12(19)8-22-14-18-17-13(21-14)10-4-3-5-11(15)6-10/h3-6,9H,7-8H2,1-2H3,(H,16,19)/t9-/m0/s1. The Morgan fingerprint density at radius 2 is 2.32 bits per heavy atom. The molecule has 1 N–H and O–H groups in total. The van der Waals surface area contributed by atoms with Gasteiger partial charge < -0.3 is 14.5 Å². The van der Waals surface area contributed by atoms with Gasteiger partial charge in [-0.3, -0.25) is 4.79 Å². The van der Waals surface area contributed by atoms with E-state index in [4.69, 9.17) is 20.8 Å². The lowest BCUT2D eigenvalue weighted by molar-refractivity contribution is -0.119. The van der Waals surface area contributed by atoms with Crippen LogP contribution < -0.4 is 5.32 Å². The molecule has 0 saturated heterocycles. The molecule has 0 spiro atoms. The van der Waals surface area contributed by atoms with E-state index >= 15 is 0 Å². The number of nitrogens with one attached hydrogen (secondary N) is 1. The summed E-state index contributed by atoms with van der Waals surface area (Å²) in [6.45, 7) is 2.34. The van der Waals surface area contributed by atoms with E-state index in [1.807, 2.05) is 13.0 Å². The molecule has 2 aromatic rings. The second-order valence-electron chi connectivity index (χ2n) is 4.60. The largest absolute Gasteiger partial charge is 0.411 e. The van der Waals surface area contributed by atoms with Gasteiger partial charge in [0.2, 0.25) is 11.8 Å². The molecule has 0 bridgehead atoms. The van der Waals surface area contributed by atoms with E-state index < -0.39 is 0 Å². The van der Waals surface area contributed by atoms with E-state index in [0.29, 0.717) is 22.7 Å². The van der Waals surface area contributed by atoms with Crippen LogP contribution in [0.15, 0.2) is 33.9 Å². The first-order valence-corrected chi connectivity index (χ1v) is 7.95. The molecule has 118 valence electrons. The number of halogens is 1. The lowest BCUT2D eigenvalue weighted by Crippen LogP contribution is -2.36. The number of benzene rings is 1. The molecule has 22 heavy (non-hydrogen) atoms. The third-order valence-electron chi connectivity index (χ3n) is 2.63. The summed E-state index contributed by atoms with van der Waals surface area (Å²) in [6.07, 6.45) is 0. The fourth-order valence-electron chi connectivity index (χ4n) is 1.74. The molecule has 6 nitrogen and oxygen atoms in total. The Bertz CT molecular complexity index is 635. The summed E-state index contributed by atoms with van der Waals surface area (Å²) < 4.78 is 10.5. The molecular formula is C14H16ClN3O3S. The number of aromatic nitrogens is 2. The van der Waals surface area contributed by atoms with Gasteiger partial charge in [0.05, 0.1) is 12.4 Å². The number of amides is 1.